The highest BCUT2D eigenvalue weighted by atomic mass is 32.2. The summed E-state index contributed by atoms with van der Waals surface area (Å²) in [6.07, 6.45) is 0. The number of nitrogens with one attached hydrogen (secondary N) is 1. The molecule has 3 rings (SSSR count). The number of thioether (sulfide) groups is 1. The fourth-order valence-corrected chi connectivity index (χ4v) is 3.10. The van der Waals surface area contributed by atoms with E-state index in [1.165, 1.54) is 11.8 Å². The van der Waals surface area contributed by atoms with Crippen LogP contribution in [0.5, 0.6) is 11.5 Å². The lowest BCUT2D eigenvalue weighted by Gasteiger charge is -2.09. The zero-order valence-electron chi connectivity index (χ0n) is 15.0. The normalized spacial score (nSPS) is 10.4. The fraction of sp³-hybridized carbons (Fsp3) is 0.222. The molecule has 0 spiro atoms. The molecular weight excluding hydrogens is 366 g/mol. The maximum absolute atomic E-state index is 12.2. The van der Waals surface area contributed by atoms with Crippen LogP contribution in [-0.2, 0) is 11.3 Å². The second-order valence-electron chi connectivity index (χ2n) is 5.45. The van der Waals surface area contributed by atoms with Gasteiger partial charge in [0.05, 0.1) is 25.7 Å². The third-order valence-corrected chi connectivity index (χ3v) is 4.68. The summed E-state index contributed by atoms with van der Waals surface area (Å²) in [4.78, 5) is 12.2. The summed E-state index contributed by atoms with van der Waals surface area (Å²) in [6.45, 7) is 0.396. The molecule has 0 saturated carbocycles. The van der Waals surface area contributed by atoms with E-state index >= 15 is 0 Å². The molecule has 27 heavy (non-hydrogen) atoms. The first-order valence-electron chi connectivity index (χ1n) is 8.15. The predicted octanol–water partition coefficient (Wildman–Crippen LogP) is 2.09. The number of aromatic nitrogens is 4. The van der Waals surface area contributed by atoms with Crippen molar-refractivity contribution in [3.63, 3.8) is 0 Å². The Labute approximate surface area is 160 Å². The molecule has 0 aliphatic rings. The highest BCUT2D eigenvalue weighted by Crippen LogP contribution is 2.20. The molecule has 1 heterocycles. The summed E-state index contributed by atoms with van der Waals surface area (Å²) >= 11 is 1.26. The van der Waals surface area contributed by atoms with Gasteiger partial charge in [-0.25, -0.2) is 0 Å². The number of ether oxygens (including phenoxy) is 2. The summed E-state index contributed by atoms with van der Waals surface area (Å²) < 4.78 is 12.0. The second kappa shape index (κ2) is 9.04. The third-order valence-electron chi connectivity index (χ3n) is 3.76. The SMILES string of the molecule is COc1ccc(-n2nnnc2SCC(=O)NCc2ccccc2OC)cc1. The molecule has 1 N–H and O–H groups in total. The molecule has 0 radical (unpaired) electrons. The molecular formula is C18H19N5O3S. The van der Waals surface area contributed by atoms with Gasteiger partial charge in [0, 0.05) is 12.1 Å². The molecule has 0 bridgehead atoms. The van der Waals surface area contributed by atoms with E-state index in [0.717, 1.165) is 22.7 Å². The number of hydrogen-bond acceptors (Lipinski definition) is 7. The molecule has 1 aromatic heterocycles. The molecule has 2 aromatic carbocycles. The topological polar surface area (TPSA) is 91.2 Å². The lowest BCUT2D eigenvalue weighted by atomic mass is 10.2. The number of benzene rings is 2. The average Bonchev–Trinajstić information content (AvgIpc) is 3.19. The Morgan fingerprint density at radius 2 is 1.89 bits per heavy atom. The number of para-hydroxylation sites is 1. The van der Waals surface area contributed by atoms with Crippen molar-refractivity contribution in [1.82, 2.24) is 25.5 Å². The zero-order chi connectivity index (χ0) is 19.1. The lowest BCUT2D eigenvalue weighted by molar-refractivity contribution is -0.118. The Morgan fingerprint density at radius 1 is 1.11 bits per heavy atom. The highest BCUT2D eigenvalue weighted by Gasteiger charge is 2.12. The van der Waals surface area contributed by atoms with Crippen LogP contribution in [0.15, 0.2) is 53.7 Å². The van der Waals surface area contributed by atoms with E-state index < -0.39 is 0 Å². The summed E-state index contributed by atoms with van der Waals surface area (Å²) in [6, 6.07) is 14.9. The Balaban J connectivity index is 1.57. The molecule has 9 heteroatoms. The number of carbonyl (C=O) groups excluding carboxylic acids is 1. The number of tetrazole rings is 1. The van der Waals surface area contributed by atoms with Crippen molar-refractivity contribution in [1.29, 1.82) is 0 Å². The molecule has 1 amide bonds. The average molecular weight is 385 g/mol. The maximum Gasteiger partial charge on any atom is 0.230 e. The minimum atomic E-state index is -0.116. The third kappa shape index (κ3) is 4.76. The smallest absolute Gasteiger partial charge is 0.230 e. The first kappa shape index (κ1) is 18.7. The minimum absolute atomic E-state index is 0.116. The van der Waals surface area contributed by atoms with Gasteiger partial charge in [-0.2, -0.15) is 4.68 Å². The van der Waals surface area contributed by atoms with Crippen molar-refractivity contribution in [3.05, 3.63) is 54.1 Å². The van der Waals surface area contributed by atoms with Gasteiger partial charge in [0.2, 0.25) is 11.1 Å². The minimum Gasteiger partial charge on any atom is -0.497 e. The summed E-state index contributed by atoms with van der Waals surface area (Å²) in [7, 11) is 3.21. The van der Waals surface area contributed by atoms with Crippen molar-refractivity contribution in [2.45, 2.75) is 11.7 Å². The Morgan fingerprint density at radius 3 is 2.63 bits per heavy atom. The van der Waals surface area contributed by atoms with Gasteiger partial charge in [0.25, 0.3) is 0 Å². The van der Waals surface area contributed by atoms with Crippen molar-refractivity contribution < 1.29 is 14.3 Å². The molecule has 3 aromatic rings. The van der Waals surface area contributed by atoms with Gasteiger partial charge in [-0.3, -0.25) is 4.79 Å². The molecule has 0 fully saturated rings. The number of amides is 1. The summed E-state index contributed by atoms with van der Waals surface area (Å²) in [5, 5.41) is 15.1. The molecule has 0 aliphatic carbocycles. The van der Waals surface area contributed by atoms with Crippen molar-refractivity contribution in [3.8, 4) is 17.2 Å². The highest BCUT2D eigenvalue weighted by molar-refractivity contribution is 7.99. The van der Waals surface area contributed by atoms with E-state index in [-0.39, 0.29) is 11.7 Å². The summed E-state index contributed by atoms with van der Waals surface area (Å²) in [5.74, 6) is 1.58. The largest absolute Gasteiger partial charge is 0.497 e. The van der Waals surface area contributed by atoms with E-state index in [1.54, 1.807) is 18.9 Å². The van der Waals surface area contributed by atoms with Crippen LogP contribution in [-0.4, -0.2) is 46.1 Å². The molecule has 140 valence electrons. The molecule has 8 nitrogen and oxygen atoms in total. The Kier molecular flexibility index (Phi) is 6.26. The lowest BCUT2D eigenvalue weighted by Crippen LogP contribution is -2.25. The van der Waals surface area contributed by atoms with Gasteiger partial charge in [-0.1, -0.05) is 30.0 Å². The van der Waals surface area contributed by atoms with Crippen LogP contribution in [0.25, 0.3) is 5.69 Å². The number of hydrogen-bond donors (Lipinski definition) is 1. The van der Waals surface area contributed by atoms with Crippen molar-refractivity contribution in [2.75, 3.05) is 20.0 Å². The van der Waals surface area contributed by atoms with Crippen LogP contribution in [0, 0.1) is 0 Å². The van der Waals surface area contributed by atoms with E-state index in [9.17, 15) is 4.79 Å². The van der Waals surface area contributed by atoms with E-state index in [1.807, 2.05) is 48.5 Å². The van der Waals surface area contributed by atoms with Crippen LogP contribution in [0.3, 0.4) is 0 Å². The maximum atomic E-state index is 12.2. The van der Waals surface area contributed by atoms with Gasteiger partial charge in [-0.05, 0) is 40.8 Å². The summed E-state index contributed by atoms with van der Waals surface area (Å²) in [5.41, 5.74) is 1.71. The number of nitrogens with zero attached hydrogens (tertiary/aromatic N) is 4. The first-order valence-corrected chi connectivity index (χ1v) is 9.14. The van der Waals surface area contributed by atoms with Crippen LogP contribution in [0.1, 0.15) is 5.56 Å². The van der Waals surface area contributed by atoms with Gasteiger partial charge >= 0.3 is 0 Å². The zero-order valence-corrected chi connectivity index (χ0v) is 15.8. The number of rotatable bonds is 8. The van der Waals surface area contributed by atoms with Gasteiger partial charge in [0.1, 0.15) is 11.5 Å². The quantitative estimate of drug-likeness (QED) is 0.594. The van der Waals surface area contributed by atoms with Gasteiger partial charge < -0.3 is 14.8 Å². The molecule has 0 aliphatic heterocycles. The predicted molar refractivity (Wildman–Crippen MR) is 101 cm³/mol. The van der Waals surface area contributed by atoms with E-state index in [2.05, 4.69) is 20.8 Å². The van der Waals surface area contributed by atoms with E-state index in [0.29, 0.717) is 11.7 Å². The van der Waals surface area contributed by atoms with Gasteiger partial charge in [-0.15, -0.1) is 5.10 Å². The Bertz CT molecular complexity index is 898. The van der Waals surface area contributed by atoms with Crippen LogP contribution in [0.4, 0.5) is 0 Å². The monoisotopic (exact) mass is 385 g/mol. The van der Waals surface area contributed by atoms with Gasteiger partial charge in [0.15, 0.2) is 0 Å². The number of methoxy groups -OCH3 is 2. The second-order valence-corrected chi connectivity index (χ2v) is 6.39. The number of carbonyl (C=O) groups is 1. The van der Waals surface area contributed by atoms with Crippen LogP contribution >= 0.6 is 11.8 Å². The molecule has 0 saturated heterocycles. The van der Waals surface area contributed by atoms with E-state index in [4.69, 9.17) is 9.47 Å². The van der Waals surface area contributed by atoms with Crippen molar-refractivity contribution >= 4 is 17.7 Å². The van der Waals surface area contributed by atoms with Crippen LogP contribution in [0.2, 0.25) is 0 Å². The fourth-order valence-electron chi connectivity index (χ4n) is 2.38. The standard InChI is InChI=1S/C18H19N5O3S/c1-25-15-9-7-14(8-10-15)23-18(20-21-22-23)27-12-17(24)19-11-13-5-3-4-6-16(13)26-2/h3-10H,11-12H2,1-2H3,(H,19,24). The van der Waals surface area contributed by atoms with Crippen molar-refractivity contribution in [2.24, 2.45) is 0 Å². The molecule has 0 unspecified atom stereocenters. The molecule has 0 atom stereocenters. The van der Waals surface area contributed by atoms with Crippen LogP contribution < -0.4 is 14.8 Å². The first-order chi connectivity index (χ1) is 13.2. The Hall–Kier alpha value is -3.07.